The van der Waals surface area contributed by atoms with Gasteiger partial charge in [0.05, 0.1) is 0 Å². The molecule has 2 aliphatic carbocycles. The van der Waals surface area contributed by atoms with E-state index in [0.29, 0.717) is 0 Å². The summed E-state index contributed by atoms with van der Waals surface area (Å²) in [5.41, 5.74) is 2.97. The Balaban J connectivity index is 0.00000144. The molecule has 0 unspecified atom stereocenters. The number of hydrogen-bond acceptors (Lipinski definition) is 0. The quantitative estimate of drug-likeness (QED) is 0.494. The molecule has 0 heteroatoms. The van der Waals surface area contributed by atoms with Crippen molar-refractivity contribution in [3.05, 3.63) is 47.5 Å². The number of allylic oxidation sites excluding steroid dienone is 2. The molecule has 2 aliphatic rings. The summed E-state index contributed by atoms with van der Waals surface area (Å²) < 4.78 is 0. The maximum Gasteiger partial charge on any atom is -0.0162 e. The zero-order chi connectivity index (χ0) is 15.4. The highest BCUT2D eigenvalue weighted by atomic mass is 14.4. The molecule has 0 amide bonds. The smallest absolute Gasteiger partial charge is 0.0162 e. The van der Waals surface area contributed by atoms with E-state index in [0.717, 1.165) is 23.7 Å². The third-order valence-corrected chi connectivity index (χ3v) is 6.27. The van der Waals surface area contributed by atoms with Crippen LogP contribution < -0.4 is 0 Å². The third-order valence-electron chi connectivity index (χ3n) is 6.27. The summed E-state index contributed by atoms with van der Waals surface area (Å²) in [7, 11) is 0. The highest BCUT2D eigenvalue weighted by Crippen LogP contribution is 2.44. The van der Waals surface area contributed by atoms with Crippen LogP contribution in [0.3, 0.4) is 0 Å². The van der Waals surface area contributed by atoms with Crippen molar-refractivity contribution in [1.29, 1.82) is 0 Å². The van der Waals surface area contributed by atoms with E-state index in [4.69, 9.17) is 0 Å². The summed E-state index contributed by atoms with van der Waals surface area (Å²) in [5, 5.41) is 0. The summed E-state index contributed by atoms with van der Waals surface area (Å²) >= 11 is 0. The fourth-order valence-electron chi connectivity index (χ4n) is 4.84. The third kappa shape index (κ3) is 5.23. The Morgan fingerprint density at radius 3 is 1.75 bits per heavy atom. The first-order chi connectivity index (χ1) is 10.8. The zero-order valence-electron chi connectivity index (χ0n) is 14.4. The van der Waals surface area contributed by atoms with Gasteiger partial charge >= 0.3 is 0 Å². The summed E-state index contributed by atoms with van der Waals surface area (Å²) in [6.07, 6.45) is 16.3. The van der Waals surface area contributed by atoms with Gasteiger partial charge in [0.15, 0.2) is 0 Å². The normalized spacial score (nSPS) is 30.4. The van der Waals surface area contributed by atoms with Crippen LogP contribution in [0.25, 0.3) is 0 Å². The van der Waals surface area contributed by atoms with Gasteiger partial charge in [-0.05, 0) is 94.4 Å². The van der Waals surface area contributed by atoms with Crippen molar-refractivity contribution in [2.45, 2.75) is 86.0 Å². The van der Waals surface area contributed by atoms with Gasteiger partial charge < -0.3 is 0 Å². The predicted octanol–water partition coefficient (Wildman–Crippen LogP) is 7.92. The second kappa shape index (κ2) is 10.1. The molecule has 0 spiro atoms. The second-order valence-electron chi connectivity index (χ2n) is 7.72. The van der Waals surface area contributed by atoms with E-state index in [1.54, 1.807) is 5.56 Å². The minimum atomic E-state index is 0. The fraction of sp³-hybridized carbons (Fsp3) is 0.667. The van der Waals surface area contributed by atoms with E-state index in [1.165, 1.54) is 56.9 Å². The lowest BCUT2D eigenvalue weighted by molar-refractivity contribution is 0.171. The van der Waals surface area contributed by atoms with Crippen LogP contribution in [0, 0.1) is 24.7 Å². The van der Waals surface area contributed by atoms with Crippen LogP contribution in [-0.4, -0.2) is 0 Å². The van der Waals surface area contributed by atoms with Gasteiger partial charge in [0.1, 0.15) is 0 Å². The minimum absolute atomic E-state index is 0. The lowest BCUT2D eigenvalue weighted by Crippen LogP contribution is -2.25. The lowest BCUT2D eigenvalue weighted by atomic mass is 9.68. The van der Waals surface area contributed by atoms with E-state index < -0.39 is 0 Å². The van der Waals surface area contributed by atoms with E-state index >= 15 is 0 Å². The van der Waals surface area contributed by atoms with E-state index in [9.17, 15) is 0 Å². The monoisotopic (exact) mass is 328 g/mol. The van der Waals surface area contributed by atoms with Crippen LogP contribution in [0.5, 0.6) is 0 Å². The number of hydrogen-bond donors (Lipinski definition) is 0. The van der Waals surface area contributed by atoms with Gasteiger partial charge in [-0.1, -0.05) is 56.8 Å². The maximum absolute atomic E-state index is 2.44. The molecular formula is C24H40. The van der Waals surface area contributed by atoms with Crippen molar-refractivity contribution < 1.29 is 0 Å². The van der Waals surface area contributed by atoms with Gasteiger partial charge in [-0.25, -0.2) is 0 Å². The zero-order valence-corrected chi connectivity index (χ0v) is 14.4. The SMILES string of the molecule is C.C.C/C=C/C1CCC(C2CCC(c3ccc(C)cc3)CC2)CC1. The van der Waals surface area contributed by atoms with Crippen molar-refractivity contribution >= 4 is 0 Å². The topological polar surface area (TPSA) is 0 Å². The van der Waals surface area contributed by atoms with E-state index in [2.05, 4.69) is 50.3 Å². The van der Waals surface area contributed by atoms with Gasteiger partial charge in [-0.3, -0.25) is 0 Å². The molecule has 3 rings (SSSR count). The minimum Gasteiger partial charge on any atom is -0.0914 e. The van der Waals surface area contributed by atoms with Crippen LogP contribution >= 0.6 is 0 Å². The summed E-state index contributed by atoms with van der Waals surface area (Å²) in [5.74, 6) is 3.76. The van der Waals surface area contributed by atoms with Gasteiger partial charge in [0.2, 0.25) is 0 Å². The Hall–Kier alpha value is -1.04. The highest BCUT2D eigenvalue weighted by Gasteiger charge is 2.30. The first-order valence-corrected chi connectivity index (χ1v) is 9.45. The molecule has 0 aliphatic heterocycles. The van der Waals surface area contributed by atoms with Crippen molar-refractivity contribution in [2.75, 3.05) is 0 Å². The summed E-state index contributed by atoms with van der Waals surface area (Å²) in [6.45, 7) is 4.35. The van der Waals surface area contributed by atoms with Crippen molar-refractivity contribution in [1.82, 2.24) is 0 Å². The molecule has 136 valence electrons. The molecule has 0 heterocycles. The first-order valence-electron chi connectivity index (χ1n) is 9.45. The largest absolute Gasteiger partial charge is 0.0914 e. The van der Waals surface area contributed by atoms with Crippen LogP contribution in [0.4, 0.5) is 0 Å². The molecule has 1 aromatic carbocycles. The first kappa shape index (κ1) is 21.0. The molecule has 0 N–H and O–H groups in total. The van der Waals surface area contributed by atoms with Crippen LogP contribution in [0.2, 0.25) is 0 Å². The van der Waals surface area contributed by atoms with Gasteiger partial charge in [0.25, 0.3) is 0 Å². The van der Waals surface area contributed by atoms with Crippen molar-refractivity contribution in [3.8, 4) is 0 Å². The molecule has 0 radical (unpaired) electrons. The molecule has 0 bridgehead atoms. The second-order valence-corrected chi connectivity index (χ2v) is 7.72. The molecule has 0 aromatic heterocycles. The Morgan fingerprint density at radius 2 is 1.25 bits per heavy atom. The summed E-state index contributed by atoms with van der Waals surface area (Å²) in [6, 6.07) is 9.29. The van der Waals surface area contributed by atoms with Crippen LogP contribution in [0.15, 0.2) is 36.4 Å². The Bertz CT molecular complexity index is 465. The Labute approximate surface area is 151 Å². The Kier molecular flexibility index (Phi) is 8.81. The van der Waals surface area contributed by atoms with Crippen molar-refractivity contribution in [3.63, 3.8) is 0 Å². The van der Waals surface area contributed by atoms with E-state index in [-0.39, 0.29) is 14.9 Å². The highest BCUT2D eigenvalue weighted by molar-refractivity contribution is 5.24. The number of aryl methyl sites for hydroxylation is 1. The van der Waals surface area contributed by atoms with Crippen molar-refractivity contribution in [2.24, 2.45) is 17.8 Å². The molecule has 2 saturated carbocycles. The molecule has 0 atom stereocenters. The molecule has 2 fully saturated rings. The molecule has 24 heavy (non-hydrogen) atoms. The maximum atomic E-state index is 2.44. The number of benzene rings is 1. The summed E-state index contributed by atoms with van der Waals surface area (Å²) in [4.78, 5) is 0. The predicted molar refractivity (Wildman–Crippen MR) is 110 cm³/mol. The van der Waals surface area contributed by atoms with Gasteiger partial charge in [-0.2, -0.15) is 0 Å². The van der Waals surface area contributed by atoms with Gasteiger partial charge in [0, 0.05) is 0 Å². The Morgan fingerprint density at radius 1 is 0.750 bits per heavy atom. The van der Waals surface area contributed by atoms with Crippen LogP contribution in [-0.2, 0) is 0 Å². The van der Waals surface area contributed by atoms with Gasteiger partial charge in [-0.15, -0.1) is 0 Å². The molecule has 0 nitrogen and oxygen atoms in total. The van der Waals surface area contributed by atoms with Crippen LogP contribution in [0.1, 0.15) is 90.2 Å². The fourth-order valence-corrected chi connectivity index (χ4v) is 4.84. The molecule has 0 saturated heterocycles. The standard InChI is InChI=1S/C22H32.2CH4/c1-3-4-18-7-11-20(12-8-18)22-15-13-21(14-16-22)19-9-5-17(2)6-10-19;;/h3-6,9-10,18,20-22H,7-8,11-16H2,1-2H3;2*1H4/b4-3+;;. The molecular weight excluding hydrogens is 288 g/mol. The van der Waals surface area contributed by atoms with E-state index in [1.807, 2.05) is 0 Å². The lowest BCUT2D eigenvalue weighted by Gasteiger charge is -2.37. The average molecular weight is 329 g/mol. The average Bonchev–Trinajstić information content (AvgIpc) is 2.57. The number of rotatable bonds is 3. The molecule has 1 aromatic rings.